The molecule has 0 aliphatic carbocycles. The lowest BCUT2D eigenvalue weighted by Crippen LogP contribution is -1.95. The Balaban J connectivity index is 2.57. The van der Waals surface area contributed by atoms with Crippen LogP contribution in [0, 0.1) is 0 Å². The van der Waals surface area contributed by atoms with Gasteiger partial charge < -0.3 is 4.42 Å². The van der Waals surface area contributed by atoms with Crippen LogP contribution < -0.4 is 0 Å². The van der Waals surface area contributed by atoms with Gasteiger partial charge in [0.25, 0.3) is 0 Å². The highest BCUT2D eigenvalue weighted by molar-refractivity contribution is 8.01. The maximum absolute atomic E-state index is 12.0. The van der Waals surface area contributed by atoms with Gasteiger partial charge in [-0.25, -0.2) is 0 Å². The van der Waals surface area contributed by atoms with Gasteiger partial charge in [-0.3, -0.25) is 0 Å². The summed E-state index contributed by atoms with van der Waals surface area (Å²) in [6, 6.07) is 2.94. The van der Waals surface area contributed by atoms with E-state index in [1.807, 2.05) is 0 Å². The average molecular weight is 185 g/mol. The molecule has 0 unspecified atom stereocenters. The summed E-state index contributed by atoms with van der Waals surface area (Å²) in [5, 5.41) is 0.111. The molecule has 1 aromatic rings. The molecule has 0 spiro atoms. The van der Waals surface area contributed by atoms with E-state index >= 15 is 0 Å². The summed E-state index contributed by atoms with van der Waals surface area (Å²) in [6.07, 6.45) is 1.31. The molecule has 0 amide bonds. The minimum atomic E-state index is -3.28. The third-order valence-electron chi connectivity index (χ3n) is 0.711. The van der Waals surface area contributed by atoms with Crippen molar-refractivity contribution in [3.05, 3.63) is 18.4 Å². The van der Waals surface area contributed by atoms with E-state index in [9.17, 15) is 8.78 Å². The van der Waals surface area contributed by atoms with Crippen molar-refractivity contribution in [2.45, 2.75) is 9.81 Å². The van der Waals surface area contributed by atoms with Crippen LogP contribution in [0.2, 0.25) is 0 Å². The Hall–Kier alpha value is -0.220. The van der Waals surface area contributed by atoms with E-state index in [2.05, 4.69) is 16.0 Å². The van der Waals surface area contributed by atoms with E-state index in [0.717, 1.165) is 0 Å². The van der Waals surface area contributed by atoms with E-state index in [0.29, 0.717) is 0 Å². The summed E-state index contributed by atoms with van der Waals surface area (Å²) in [5.74, 6) is 0. The van der Waals surface area contributed by atoms with Crippen molar-refractivity contribution in [2.75, 3.05) is 0 Å². The minimum absolute atomic E-state index is 0.111. The normalized spacial score (nSPS) is 11.9. The lowest BCUT2D eigenvalue weighted by atomic mass is 10.7. The molecular weight excluding hydrogens is 182 g/mol. The first kappa shape index (κ1) is 7.88. The molecule has 0 atom stereocenters. The van der Waals surface area contributed by atoms with Crippen LogP contribution >= 0.6 is 23.4 Å². The molecule has 1 aromatic heterocycles. The highest BCUT2D eigenvalue weighted by Gasteiger charge is 2.27. The third kappa shape index (κ3) is 2.58. The Kier molecular flexibility index (Phi) is 2.21. The second-order valence-corrected chi connectivity index (χ2v) is 3.30. The molecule has 1 rings (SSSR count). The predicted molar refractivity (Wildman–Crippen MR) is 35.4 cm³/mol. The van der Waals surface area contributed by atoms with Gasteiger partial charge in [0.05, 0.1) is 6.26 Å². The predicted octanol–water partition coefficient (Wildman–Crippen LogP) is 3.16. The van der Waals surface area contributed by atoms with Crippen LogP contribution in [0.3, 0.4) is 0 Å². The number of hydrogen-bond donors (Lipinski definition) is 0. The molecule has 0 fully saturated rings. The summed E-state index contributed by atoms with van der Waals surface area (Å²) >= 11 is 4.77. The standard InChI is InChI=1S/C5H3ClF2OS/c6-5(7,8)10-4-2-1-3-9-4/h1-3H. The van der Waals surface area contributed by atoms with Crippen molar-refractivity contribution in [1.82, 2.24) is 0 Å². The van der Waals surface area contributed by atoms with Gasteiger partial charge in [0, 0.05) is 11.8 Å². The Morgan fingerprint density at radius 2 is 2.30 bits per heavy atom. The lowest BCUT2D eigenvalue weighted by molar-refractivity contribution is 0.201. The van der Waals surface area contributed by atoms with Gasteiger partial charge in [0.15, 0.2) is 5.09 Å². The Labute approximate surface area is 65.3 Å². The largest absolute Gasteiger partial charge is 0.458 e. The maximum atomic E-state index is 12.0. The first-order chi connectivity index (χ1) is 4.58. The second kappa shape index (κ2) is 2.80. The van der Waals surface area contributed by atoms with Crippen LogP contribution in [-0.2, 0) is 0 Å². The van der Waals surface area contributed by atoms with Crippen molar-refractivity contribution in [2.24, 2.45) is 0 Å². The van der Waals surface area contributed by atoms with Crippen LogP contribution in [0.15, 0.2) is 27.9 Å². The van der Waals surface area contributed by atoms with Crippen LogP contribution in [0.5, 0.6) is 0 Å². The highest BCUT2D eigenvalue weighted by Crippen LogP contribution is 2.38. The molecular formula is C5H3ClF2OS. The number of rotatable bonds is 2. The molecule has 0 saturated heterocycles. The zero-order valence-corrected chi connectivity index (χ0v) is 6.25. The molecule has 0 aliphatic rings. The van der Waals surface area contributed by atoms with E-state index < -0.39 is 4.71 Å². The number of furan rings is 1. The van der Waals surface area contributed by atoms with Gasteiger partial charge in [-0.05, 0) is 23.7 Å². The van der Waals surface area contributed by atoms with Crippen LogP contribution in [-0.4, -0.2) is 4.71 Å². The van der Waals surface area contributed by atoms with Gasteiger partial charge >= 0.3 is 4.71 Å². The van der Waals surface area contributed by atoms with Crippen molar-refractivity contribution < 1.29 is 13.2 Å². The van der Waals surface area contributed by atoms with Gasteiger partial charge in [0.1, 0.15) is 0 Å². The topological polar surface area (TPSA) is 13.1 Å². The first-order valence-electron chi connectivity index (χ1n) is 2.37. The maximum Gasteiger partial charge on any atom is 0.378 e. The zero-order valence-electron chi connectivity index (χ0n) is 4.68. The summed E-state index contributed by atoms with van der Waals surface area (Å²) in [6.45, 7) is 0. The van der Waals surface area contributed by atoms with E-state index in [1.54, 1.807) is 0 Å². The molecule has 0 N–H and O–H groups in total. The summed E-state index contributed by atoms with van der Waals surface area (Å²) in [4.78, 5) is 0. The summed E-state index contributed by atoms with van der Waals surface area (Å²) in [7, 11) is 0. The monoisotopic (exact) mass is 184 g/mol. The summed E-state index contributed by atoms with van der Waals surface area (Å²) < 4.78 is 25.2. The van der Waals surface area contributed by atoms with Crippen molar-refractivity contribution in [1.29, 1.82) is 0 Å². The summed E-state index contributed by atoms with van der Waals surface area (Å²) in [5.41, 5.74) is 0. The fourth-order valence-electron chi connectivity index (χ4n) is 0.436. The molecule has 5 heteroatoms. The molecule has 0 aromatic carbocycles. The smallest absolute Gasteiger partial charge is 0.378 e. The van der Waals surface area contributed by atoms with Crippen molar-refractivity contribution >= 4 is 23.4 Å². The molecule has 0 bridgehead atoms. The average Bonchev–Trinajstić information content (AvgIpc) is 2.12. The molecule has 1 heterocycles. The fourth-order valence-corrected chi connectivity index (χ4v) is 1.14. The Morgan fingerprint density at radius 3 is 2.70 bits per heavy atom. The number of alkyl halides is 3. The van der Waals surface area contributed by atoms with Crippen LogP contribution in [0.4, 0.5) is 8.78 Å². The van der Waals surface area contributed by atoms with Crippen LogP contribution in [0.25, 0.3) is 0 Å². The van der Waals surface area contributed by atoms with Crippen molar-refractivity contribution in [3.63, 3.8) is 0 Å². The van der Waals surface area contributed by atoms with Gasteiger partial charge in [-0.1, -0.05) is 0 Å². The van der Waals surface area contributed by atoms with Gasteiger partial charge in [0.2, 0.25) is 0 Å². The lowest BCUT2D eigenvalue weighted by Gasteiger charge is -2.01. The molecule has 10 heavy (non-hydrogen) atoms. The molecule has 0 saturated carbocycles. The number of hydrogen-bond acceptors (Lipinski definition) is 2. The SMILES string of the molecule is FC(F)(Cl)Sc1ccco1. The van der Waals surface area contributed by atoms with E-state index in [4.69, 9.17) is 0 Å². The molecule has 0 radical (unpaired) electrons. The van der Waals surface area contributed by atoms with Gasteiger partial charge in [-0.2, -0.15) is 8.78 Å². The number of halogens is 3. The molecule has 56 valence electrons. The van der Waals surface area contributed by atoms with Crippen LogP contribution in [0.1, 0.15) is 0 Å². The van der Waals surface area contributed by atoms with E-state index in [1.165, 1.54) is 18.4 Å². The molecule has 0 aliphatic heterocycles. The number of thioether (sulfide) groups is 1. The highest BCUT2D eigenvalue weighted by atomic mass is 35.5. The third-order valence-corrected chi connectivity index (χ3v) is 1.61. The minimum Gasteiger partial charge on any atom is -0.458 e. The van der Waals surface area contributed by atoms with Crippen molar-refractivity contribution in [3.8, 4) is 0 Å². The Bertz CT molecular complexity index is 194. The fraction of sp³-hybridized carbons (Fsp3) is 0.200. The van der Waals surface area contributed by atoms with Gasteiger partial charge in [-0.15, -0.1) is 0 Å². The molecule has 1 nitrogen and oxygen atoms in total. The first-order valence-corrected chi connectivity index (χ1v) is 3.56. The Morgan fingerprint density at radius 1 is 1.60 bits per heavy atom. The zero-order chi connectivity index (χ0) is 7.61. The van der Waals surface area contributed by atoms with E-state index in [-0.39, 0.29) is 16.9 Å². The second-order valence-electron chi connectivity index (χ2n) is 1.48. The quantitative estimate of drug-likeness (QED) is 0.517.